The summed E-state index contributed by atoms with van der Waals surface area (Å²) < 4.78 is 0. The van der Waals surface area contributed by atoms with Gasteiger partial charge in [0.25, 0.3) is 0 Å². The van der Waals surface area contributed by atoms with Crippen LogP contribution in [0, 0.1) is 0 Å². The third-order valence-corrected chi connectivity index (χ3v) is 3.80. The van der Waals surface area contributed by atoms with Gasteiger partial charge in [0.05, 0.1) is 11.1 Å². The topological polar surface area (TPSA) is 78.4 Å². The minimum atomic E-state index is -0.956. The van der Waals surface area contributed by atoms with E-state index < -0.39 is 5.97 Å². The average Bonchev–Trinajstić information content (AvgIpc) is 2.60. The molecule has 7 heteroatoms. The highest BCUT2D eigenvalue weighted by Crippen LogP contribution is 2.24. The number of aromatic carboxylic acids is 1. The van der Waals surface area contributed by atoms with Crippen molar-refractivity contribution in [3.05, 3.63) is 59.9 Å². The van der Waals surface area contributed by atoms with E-state index in [2.05, 4.69) is 20.2 Å². The summed E-state index contributed by atoms with van der Waals surface area (Å²) in [4.78, 5) is 22.5. The van der Waals surface area contributed by atoms with Crippen LogP contribution in [0.3, 0.4) is 0 Å². The van der Waals surface area contributed by atoms with E-state index in [0.717, 1.165) is 29.7 Å². The Hall–Kier alpha value is -2.70. The van der Waals surface area contributed by atoms with Crippen molar-refractivity contribution in [3.8, 4) is 0 Å². The number of hydrogen-bond acceptors (Lipinski definition) is 5. The monoisotopic (exact) mass is 372 g/mol. The first-order valence-electron chi connectivity index (χ1n) is 8.04. The molecule has 2 N–H and O–H groups in total. The predicted molar refractivity (Wildman–Crippen MR) is 106 cm³/mol. The van der Waals surface area contributed by atoms with E-state index in [4.69, 9.17) is 5.11 Å². The zero-order valence-electron chi connectivity index (χ0n) is 14.6. The van der Waals surface area contributed by atoms with Gasteiger partial charge in [-0.3, -0.25) is 0 Å². The van der Waals surface area contributed by atoms with E-state index in [1.165, 1.54) is 0 Å². The van der Waals surface area contributed by atoms with Crippen molar-refractivity contribution >= 4 is 40.8 Å². The summed E-state index contributed by atoms with van der Waals surface area (Å²) in [5.41, 5.74) is 1.78. The molecule has 1 heterocycles. The number of fused-ring (bicyclic) bond motifs is 1. The van der Waals surface area contributed by atoms with Crippen LogP contribution in [-0.4, -0.2) is 46.6 Å². The minimum Gasteiger partial charge on any atom is -0.478 e. The second-order valence-electron chi connectivity index (χ2n) is 6.07. The van der Waals surface area contributed by atoms with Crippen LogP contribution in [-0.2, 0) is 6.42 Å². The molecule has 0 unspecified atom stereocenters. The van der Waals surface area contributed by atoms with Crippen molar-refractivity contribution in [2.45, 2.75) is 6.42 Å². The van der Waals surface area contributed by atoms with Crippen LogP contribution in [0.15, 0.2) is 48.5 Å². The fraction of sp³-hybridized carbons (Fsp3) is 0.211. The molecule has 3 rings (SSSR count). The molecule has 6 nitrogen and oxygen atoms in total. The van der Waals surface area contributed by atoms with Gasteiger partial charge in [0.15, 0.2) is 0 Å². The van der Waals surface area contributed by atoms with Crippen molar-refractivity contribution in [1.82, 2.24) is 14.9 Å². The number of para-hydroxylation sites is 1. The Labute approximate surface area is 158 Å². The highest BCUT2D eigenvalue weighted by atomic mass is 35.5. The van der Waals surface area contributed by atoms with E-state index in [1.54, 1.807) is 18.2 Å². The molecule has 2 aromatic carbocycles. The molecule has 0 radical (unpaired) electrons. The number of hydrogen-bond donors (Lipinski definition) is 2. The smallest absolute Gasteiger partial charge is 0.335 e. The number of carboxylic acids is 1. The maximum absolute atomic E-state index is 11.2. The first kappa shape index (κ1) is 19.6. The number of benzene rings is 2. The number of anilines is 2. The number of nitrogens with zero attached hydrogens (tertiary/aromatic N) is 3. The largest absolute Gasteiger partial charge is 0.478 e. The number of halogens is 1. The van der Waals surface area contributed by atoms with Crippen molar-refractivity contribution in [3.63, 3.8) is 0 Å². The van der Waals surface area contributed by atoms with Gasteiger partial charge in [-0.1, -0.05) is 18.2 Å². The molecule has 3 aromatic rings. The quantitative estimate of drug-likeness (QED) is 0.688. The van der Waals surface area contributed by atoms with Gasteiger partial charge in [-0.25, -0.2) is 14.8 Å². The van der Waals surface area contributed by atoms with Crippen molar-refractivity contribution < 1.29 is 9.90 Å². The van der Waals surface area contributed by atoms with E-state index in [0.29, 0.717) is 11.5 Å². The molecular formula is C19H21ClN4O2. The molecule has 26 heavy (non-hydrogen) atoms. The van der Waals surface area contributed by atoms with Gasteiger partial charge in [0.2, 0.25) is 0 Å². The second kappa shape index (κ2) is 8.60. The van der Waals surface area contributed by atoms with Crippen LogP contribution in [0.4, 0.5) is 11.5 Å². The number of nitrogens with one attached hydrogen (secondary N) is 1. The average molecular weight is 373 g/mol. The molecule has 0 aliphatic carbocycles. The highest BCUT2D eigenvalue weighted by Gasteiger charge is 2.10. The Balaban J connectivity index is 0.00000243. The molecule has 0 atom stereocenters. The van der Waals surface area contributed by atoms with Crippen LogP contribution in [0.1, 0.15) is 16.2 Å². The predicted octanol–water partition coefficient (Wildman–Crippen LogP) is 3.60. The maximum atomic E-state index is 11.2. The van der Waals surface area contributed by atoms with Crippen LogP contribution in [0.2, 0.25) is 0 Å². The van der Waals surface area contributed by atoms with Gasteiger partial charge in [-0.2, -0.15) is 0 Å². The molecule has 1 aromatic heterocycles. The first-order valence-corrected chi connectivity index (χ1v) is 8.04. The zero-order valence-corrected chi connectivity index (χ0v) is 15.5. The lowest BCUT2D eigenvalue weighted by Gasteiger charge is -2.13. The normalized spacial score (nSPS) is 10.6. The number of carbonyl (C=O) groups is 1. The van der Waals surface area contributed by atoms with E-state index >= 15 is 0 Å². The summed E-state index contributed by atoms with van der Waals surface area (Å²) in [6, 6.07) is 14.5. The van der Waals surface area contributed by atoms with Crippen LogP contribution >= 0.6 is 12.4 Å². The number of likely N-dealkylation sites (N-methyl/N-ethyl adjacent to an activating group) is 1. The highest BCUT2D eigenvalue weighted by molar-refractivity contribution is 5.92. The van der Waals surface area contributed by atoms with E-state index in [1.807, 2.05) is 44.4 Å². The molecule has 0 fully saturated rings. The SMILES string of the molecule is CN(C)CCc1nc(Nc2cccc(C(=O)O)c2)c2ccccc2n1.Cl. The standard InChI is InChI=1S/C19H20N4O2.ClH/c1-23(2)11-10-17-21-16-9-4-3-8-15(16)18(22-17)20-14-7-5-6-13(12-14)19(24)25;/h3-9,12H,10-11H2,1-2H3,(H,24,25)(H,20,21,22);1H. The molecule has 0 bridgehead atoms. The second-order valence-corrected chi connectivity index (χ2v) is 6.07. The fourth-order valence-electron chi connectivity index (χ4n) is 2.52. The molecule has 0 aliphatic rings. The maximum Gasteiger partial charge on any atom is 0.335 e. The van der Waals surface area contributed by atoms with Gasteiger partial charge in [-0.05, 0) is 44.4 Å². The summed E-state index contributed by atoms with van der Waals surface area (Å²) in [7, 11) is 4.02. The zero-order chi connectivity index (χ0) is 17.8. The third kappa shape index (κ3) is 4.68. The molecule has 0 aliphatic heterocycles. The van der Waals surface area contributed by atoms with Gasteiger partial charge in [0.1, 0.15) is 11.6 Å². The van der Waals surface area contributed by atoms with Crippen molar-refractivity contribution in [1.29, 1.82) is 0 Å². The summed E-state index contributed by atoms with van der Waals surface area (Å²) >= 11 is 0. The molecular weight excluding hydrogens is 352 g/mol. The molecule has 0 saturated heterocycles. The Bertz CT molecular complexity index is 915. The molecule has 0 saturated carbocycles. The lowest BCUT2D eigenvalue weighted by atomic mass is 10.2. The van der Waals surface area contributed by atoms with Crippen LogP contribution in [0.5, 0.6) is 0 Å². The van der Waals surface area contributed by atoms with Crippen LogP contribution in [0.25, 0.3) is 10.9 Å². The summed E-state index contributed by atoms with van der Waals surface area (Å²) in [5, 5.41) is 13.3. The van der Waals surface area contributed by atoms with E-state index in [9.17, 15) is 4.79 Å². The van der Waals surface area contributed by atoms with E-state index in [-0.39, 0.29) is 18.0 Å². The van der Waals surface area contributed by atoms with Gasteiger partial charge < -0.3 is 15.3 Å². The minimum absolute atomic E-state index is 0. The Morgan fingerprint density at radius 1 is 1.12 bits per heavy atom. The van der Waals surface area contributed by atoms with Gasteiger partial charge >= 0.3 is 5.97 Å². The van der Waals surface area contributed by atoms with Gasteiger partial charge in [0, 0.05) is 24.0 Å². The van der Waals surface area contributed by atoms with Crippen molar-refractivity contribution in [2.24, 2.45) is 0 Å². The molecule has 136 valence electrons. The van der Waals surface area contributed by atoms with Crippen molar-refractivity contribution in [2.75, 3.05) is 26.0 Å². The Morgan fingerprint density at radius 2 is 1.88 bits per heavy atom. The lowest BCUT2D eigenvalue weighted by molar-refractivity contribution is 0.0697. The number of rotatable bonds is 6. The Kier molecular flexibility index (Phi) is 6.49. The lowest BCUT2D eigenvalue weighted by Crippen LogP contribution is -2.16. The summed E-state index contributed by atoms with van der Waals surface area (Å²) in [5.74, 6) is 0.481. The summed E-state index contributed by atoms with van der Waals surface area (Å²) in [6.45, 7) is 0.853. The molecule has 0 amide bonds. The fourth-order valence-corrected chi connectivity index (χ4v) is 2.52. The third-order valence-electron chi connectivity index (χ3n) is 3.80. The number of aromatic nitrogens is 2. The first-order chi connectivity index (χ1) is 12.0. The summed E-state index contributed by atoms with van der Waals surface area (Å²) in [6.07, 6.45) is 0.738. The van der Waals surface area contributed by atoms with Crippen LogP contribution < -0.4 is 5.32 Å². The van der Waals surface area contributed by atoms with Gasteiger partial charge in [-0.15, -0.1) is 12.4 Å². The Morgan fingerprint density at radius 3 is 2.62 bits per heavy atom. The molecule has 0 spiro atoms. The number of carboxylic acid groups (broad SMARTS) is 1.